The maximum Gasteiger partial charge on any atom is 0.337 e. The molecule has 0 aliphatic heterocycles. The topological polar surface area (TPSA) is 77.9 Å². The minimum absolute atomic E-state index is 0.0300. The summed E-state index contributed by atoms with van der Waals surface area (Å²) in [5.74, 6) is -1.16. The number of hydrogen-bond acceptors (Lipinski definition) is 4. The molecule has 0 spiro atoms. The SMILES string of the molecule is CC(C)N(Cc1ccccc1)c1ccc(S(=O)(=O)N(C)C)cc1C(=O)O. The van der Waals surface area contributed by atoms with Crippen LogP contribution >= 0.6 is 0 Å². The zero-order chi connectivity index (χ0) is 19.5. The van der Waals surface area contributed by atoms with Crippen LogP contribution in [0.15, 0.2) is 53.4 Å². The van der Waals surface area contributed by atoms with E-state index in [0.717, 1.165) is 9.87 Å². The van der Waals surface area contributed by atoms with E-state index in [1.54, 1.807) is 6.07 Å². The van der Waals surface area contributed by atoms with Gasteiger partial charge >= 0.3 is 5.97 Å². The molecule has 1 N–H and O–H groups in total. The van der Waals surface area contributed by atoms with Gasteiger partial charge in [0.2, 0.25) is 10.0 Å². The van der Waals surface area contributed by atoms with Crippen molar-refractivity contribution in [2.45, 2.75) is 31.3 Å². The number of hydrogen-bond donors (Lipinski definition) is 1. The predicted molar refractivity (Wildman–Crippen MR) is 102 cm³/mol. The van der Waals surface area contributed by atoms with Crippen molar-refractivity contribution in [2.75, 3.05) is 19.0 Å². The van der Waals surface area contributed by atoms with E-state index in [9.17, 15) is 18.3 Å². The number of aromatic carboxylic acids is 1. The molecule has 0 aromatic heterocycles. The summed E-state index contributed by atoms with van der Waals surface area (Å²) >= 11 is 0. The van der Waals surface area contributed by atoms with Crippen LogP contribution < -0.4 is 4.90 Å². The van der Waals surface area contributed by atoms with Gasteiger partial charge in [0.1, 0.15) is 0 Å². The second-order valence-electron chi connectivity index (χ2n) is 6.48. The van der Waals surface area contributed by atoms with Gasteiger partial charge in [-0.15, -0.1) is 0 Å². The quantitative estimate of drug-likeness (QED) is 0.804. The Labute approximate surface area is 154 Å². The fourth-order valence-corrected chi connectivity index (χ4v) is 3.56. The monoisotopic (exact) mass is 376 g/mol. The maximum atomic E-state index is 12.3. The van der Waals surface area contributed by atoms with Crippen LogP contribution in [0.5, 0.6) is 0 Å². The van der Waals surface area contributed by atoms with Crippen LogP contribution in [0, 0.1) is 0 Å². The minimum atomic E-state index is -3.70. The number of carbonyl (C=O) groups is 1. The Bertz CT molecular complexity index is 878. The highest BCUT2D eigenvalue weighted by Crippen LogP contribution is 2.28. The van der Waals surface area contributed by atoms with E-state index in [1.807, 2.05) is 49.1 Å². The average Bonchev–Trinajstić information content (AvgIpc) is 2.59. The third kappa shape index (κ3) is 4.23. The van der Waals surface area contributed by atoms with Crippen molar-refractivity contribution in [3.8, 4) is 0 Å². The Morgan fingerprint density at radius 1 is 1.08 bits per heavy atom. The summed E-state index contributed by atoms with van der Waals surface area (Å²) in [7, 11) is -0.871. The van der Waals surface area contributed by atoms with E-state index in [0.29, 0.717) is 12.2 Å². The first-order valence-corrected chi connectivity index (χ1v) is 9.69. The normalized spacial score (nSPS) is 11.8. The summed E-state index contributed by atoms with van der Waals surface area (Å²) < 4.78 is 25.7. The minimum Gasteiger partial charge on any atom is -0.478 e. The largest absolute Gasteiger partial charge is 0.478 e. The van der Waals surface area contributed by atoms with Crippen LogP contribution in [0.4, 0.5) is 5.69 Å². The molecule has 0 atom stereocenters. The van der Waals surface area contributed by atoms with Crippen LogP contribution in [0.2, 0.25) is 0 Å². The molecule has 2 rings (SSSR count). The van der Waals surface area contributed by atoms with Gasteiger partial charge in [-0.05, 0) is 37.6 Å². The molecule has 26 heavy (non-hydrogen) atoms. The predicted octanol–water partition coefficient (Wildman–Crippen LogP) is 3.05. The molecule has 2 aromatic rings. The molecule has 0 radical (unpaired) electrons. The van der Waals surface area contributed by atoms with E-state index in [1.165, 1.54) is 26.2 Å². The van der Waals surface area contributed by atoms with Crippen LogP contribution in [0.3, 0.4) is 0 Å². The lowest BCUT2D eigenvalue weighted by molar-refractivity contribution is 0.0697. The molecule has 0 aliphatic rings. The summed E-state index contributed by atoms with van der Waals surface area (Å²) in [6.07, 6.45) is 0. The molecule has 0 heterocycles. The second kappa shape index (κ2) is 7.88. The number of anilines is 1. The summed E-state index contributed by atoms with van der Waals surface area (Å²) in [6.45, 7) is 4.47. The second-order valence-corrected chi connectivity index (χ2v) is 8.63. The first-order valence-electron chi connectivity index (χ1n) is 8.25. The van der Waals surface area contributed by atoms with Gasteiger partial charge in [-0.1, -0.05) is 30.3 Å². The zero-order valence-electron chi connectivity index (χ0n) is 15.4. The van der Waals surface area contributed by atoms with Crippen LogP contribution in [0.1, 0.15) is 29.8 Å². The average molecular weight is 376 g/mol. The molecule has 0 unspecified atom stereocenters. The Hall–Kier alpha value is -2.38. The highest BCUT2D eigenvalue weighted by molar-refractivity contribution is 7.89. The van der Waals surface area contributed by atoms with Gasteiger partial charge in [0.15, 0.2) is 0 Å². The van der Waals surface area contributed by atoms with Crippen molar-refractivity contribution in [1.82, 2.24) is 4.31 Å². The third-order valence-electron chi connectivity index (χ3n) is 4.11. The molecule has 0 fully saturated rings. The van der Waals surface area contributed by atoms with Gasteiger partial charge in [-0.2, -0.15) is 0 Å². The summed E-state index contributed by atoms with van der Waals surface area (Å²) in [6, 6.07) is 14.0. The van der Waals surface area contributed by atoms with Crippen LogP contribution in [-0.4, -0.2) is 43.9 Å². The summed E-state index contributed by atoms with van der Waals surface area (Å²) in [5.41, 5.74) is 1.51. The molecule has 0 amide bonds. The lowest BCUT2D eigenvalue weighted by atomic mass is 10.1. The lowest BCUT2D eigenvalue weighted by Gasteiger charge is -2.30. The maximum absolute atomic E-state index is 12.3. The molecule has 7 heteroatoms. The molecular formula is C19H24N2O4S. The van der Waals surface area contributed by atoms with Gasteiger partial charge in [0.25, 0.3) is 0 Å². The van der Waals surface area contributed by atoms with Crippen molar-refractivity contribution in [2.24, 2.45) is 0 Å². The highest BCUT2D eigenvalue weighted by Gasteiger charge is 2.24. The van der Waals surface area contributed by atoms with Crippen LogP contribution in [0.25, 0.3) is 0 Å². The number of carboxylic acid groups (broad SMARTS) is 1. The van der Waals surface area contributed by atoms with Gasteiger partial charge in [0.05, 0.1) is 16.1 Å². The molecule has 140 valence electrons. The number of carboxylic acids is 1. The molecule has 0 aliphatic carbocycles. The van der Waals surface area contributed by atoms with Gasteiger partial charge in [0, 0.05) is 26.7 Å². The smallest absolute Gasteiger partial charge is 0.337 e. The fraction of sp³-hybridized carbons (Fsp3) is 0.316. The summed E-state index contributed by atoms with van der Waals surface area (Å²) in [5, 5.41) is 9.66. The number of benzene rings is 2. The van der Waals surface area contributed by atoms with E-state index in [-0.39, 0.29) is 16.5 Å². The van der Waals surface area contributed by atoms with Crippen molar-refractivity contribution in [1.29, 1.82) is 0 Å². The number of rotatable bonds is 7. The Kier molecular flexibility index (Phi) is 6.05. The van der Waals surface area contributed by atoms with Crippen molar-refractivity contribution >= 4 is 21.7 Å². The fourth-order valence-electron chi connectivity index (χ4n) is 2.63. The highest BCUT2D eigenvalue weighted by atomic mass is 32.2. The van der Waals surface area contributed by atoms with Gasteiger partial charge < -0.3 is 10.0 Å². The van der Waals surface area contributed by atoms with Gasteiger partial charge in [-0.3, -0.25) is 0 Å². The Morgan fingerprint density at radius 3 is 2.19 bits per heavy atom. The van der Waals surface area contributed by atoms with E-state index in [4.69, 9.17) is 0 Å². The van der Waals surface area contributed by atoms with E-state index >= 15 is 0 Å². The summed E-state index contributed by atoms with van der Waals surface area (Å²) in [4.78, 5) is 13.7. The molecular weight excluding hydrogens is 352 g/mol. The van der Waals surface area contributed by atoms with E-state index in [2.05, 4.69) is 0 Å². The van der Waals surface area contributed by atoms with E-state index < -0.39 is 16.0 Å². The zero-order valence-corrected chi connectivity index (χ0v) is 16.2. The molecule has 0 bridgehead atoms. The molecule has 6 nitrogen and oxygen atoms in total. The van der Waals surface area contributed by atoms with Gasteiger partial charge in [-0.25, -0.2) is 17.5 Å². The van der Waals surface area contributed by atoms with Crippen molar-refractivity contribution < 1.29 is 18.3 Å². The first kappa shape index (κ1) is 19.9. The Morgan fingerprint density at radius 2 is 1.69 bits per heavy atom. The molecule has 0 saturated heterocycles. The lowest BCUT2D eigenvalue weighted by Crippen LogP contribution is -2.32. The standard InChI is InChI=1S/C19H24N2O4S/c1-14(2)21(13-15-8-6-5-7-9-15)18-11-10-16(12-17(18)19(22)23)26(24,25)20(3)4/h5-12,14H,13H2,1-4H3,(H,22,23). The third-order valence-corrected chi connectivity index (χ3v) is 5.92. The number of nitrogens with zero attached hydrogens (tertiary/aromatic N) is 2. The first-order chi connectivity index (χ1) is 12.1. The molecule has 2 aromatic carbocycles. The molecule has 0 saturated carbocycles. The van der Waals surface area contributed by atoms with Crippen molar-refractivity contribution in [3.05, 3.63) is 59.7 Å². The Balaban J connectivity index is 2.54. The van der Waals surface area contributed by atoms with Crippen LogP contribution in [-0.2, 0) is 16.6 Å². The number of sulfonamides is 1. The van der Waals surface area contributed by atoms with Crippen molar-refractivity contribution in [3.63, 3.8) is 0 Å².